The Bertz CT molecular complexity index is 1490. The number of aryl methyl sites for hydroxylation is 1. The van der Waals surface area contributed by atoms with Gasteiger partial charge >= 0.3 is 0 Å². The van der Waals surface area contributed by atoms with Gasteiger partial charge in [0.15, 0.2) is 11.5 Å². The highest BCUT2D eigenvalue weighted by molar-refractivity contribution is 5.86. The third-order valence-corrected chi connectivity index (χ3v) is 6.06. The summed E-state index contributed by atoms with van der Waals surface area (Å²) in [5.41, 5.74) is 4.27. The van der Waals surface area contributed by atoms with Crippen LogP contribution in [-0.2, 0) is 6.61 Å². The SMILES string of the molecule is COc1cc(C(Nc2cc(C)ccn2)c2ccc3cccnc3c2O)ccc1OCc1ccccc1. The van der Waals surface area contributed by atoms with Crippen molar-refractivity contribution < 1.29 is 14.6 Å². The zero-order chi connectivity index (χ0) is 24.9. The fraction of sp³-hybridized carbons (Fsp3) is 0.133. The number of methoxy groups -OCH3 is 1. The summed E-state index contributed by atoms with van der Waals surface area (Å²) in [6.45, 7) is 2.45. The van der Waals surface area contributed by atoms with E-state index in [1.807, 2.05) is 91.9 Å². The molecule has 180 valence electrons. The summed E-state index contributed by atoms with van der Waals surface area (Å²) in [5.74, 6) is 2.07. The lowest BCUT2D eigenvalue weighted by Gasteiger charge is -2.23. The van der Waals surface area contributed by atoms with Crippen LogP contribution < -0.4 is 14.8 Å². The molecule has 1 atom stereocenters. The second-order valence-electron chi connectivity index (χ2n) is 8.56. The van der Waals surface area contributed by atoms with E-state index in [1.165, 1.54) is 0 Å². The molecule has 3 aromatic carbocycles. The van der Waals surface area contributed by atoms with Gasteiger partial charge in [0.2, 0.25) is 0 Å². The molecule has 0 radical (unpaired) electrons. The quantitative estimate of drug-likeness (QED) is 0.268. The number of hydrogen-bond acceptors (Lipinski definition) is 6. The van der Waals surface area contributed by atoms with Gasteiger partial charge in [-0.2, -0.15) is 0 Å². The van der Waals surface area contributed by atoms with Gasteiger partial charge in [-0.3, -0.25) is 4.98 Å². The van der Waals surface area contributed by atoms with Crippen molar-refractivity contribution in [1.82, 2.24) is 9.97 Å². The number of rotatable bonds is 8. The van der Waals surface area contributed by atoms with Crippen LogP contribution in [0.1, 0.15) is 28.3 Å². The minimum Gasteiger partial charge on any atom is -0.505 e. The predicted octanol–water partition coefficient (Wildman–Crippen LogP) is 6.43. The van der Waals surface area contributed by atoms with E-state index < -0.39 is 6.04 Å². The van der Waals surface area contributed by atoms with E-state index >= 15 is 0 Å². The second-order valence-corrected chi connectivity index (χ2v) is 8.56. The molecular formula is C30H27N3O3. The number of benzene rings is 3. The number of phenolic OH excluding ortho intramolecular Hbond substituents is 1. The molecule has 0 saturated carbocycles. The minimum atomic E-state index is -0.414. The van der Waals surface area contributed by atoms with Crippen LogP contribution in [0, 0.1) is 6.92 Å². The lowest BCUT2D eigenvalue weighted by Crippen LogP contribution is -2.14. The Balaban J connectivity index is 1.54. The first kappa shape index (κ1) is 23.2. The number of hydrogen-bond donors (Lipinski definition) is 2. The first-order chi connectivity index (χ1) is 17.6. The number of pyridine rings is 2. The van der Waals surface area contributed by atoms with Gasteiger partial charge in [-0.15, -0.1) is 0 Å². The number of fused-ring (bicyclic) bond motifs is 1. The number of aromatic hydroxyl groups is 1. The first-order valence-corrected chi connectivity index (χ1v) is 11.7. The molecule has 5 aromatic rings. The van der Waals surface area contributed by atoms with Gasteiger partial charge in [-0.25, -0.2) is 4.98 Å². The molecule has 6 heteroatoms. The normalized spacial score (nSPS) is 11.7. The Morgan fingerprint density at radius 3 is 2.53 bits per heavy atom. The van der Waals surface area contributed by atoms with Gasteiger partial charge in [0.05, 0.1) is 13.2 Å². The fourth-order valence-electron chi connectivity index (χ4n) is 4.20. The maximum Gasteiger partial charge on any atom is 0.161 e. The van der Waals surface area contributed by atoms with Crippen LogP contribution in [0.3, 0.4) is 0 Å². The maximum absolute atomic E-state index is 11.2. The summed E-state index contributed by atoms with van der Waals surface area (Å²) in [6.07, 6.45) is 3.44. The number of nitrogens with one attached hydrogen (secondary N) is 1. The molecular weight excluding hydrogens is 450 g/mol. The zero-order valence-electron chi connectivity index (χ0n) is 20.2. The van der Waals surface area contributed by atoms with Crippen molar-refractivity contribution in [1.29, 1.82) is 0 Å². The van der Waals surface area contributed by atoms with Crippen LogP contribution in [0.25, 0.3) is 10.9 Å². The van der Waals surface area contributed by atoms with Crippen molar-refractivity contribution in [3.05, 3.63) is 120 Å². The van der Waals surface area contributed by atoms with Crippen LogP contribution in [-0.4, -0.2) is 22.2 Å². The van der Waals surface area contributed by atoms with E-state index in [9.17, 15) is 5.11 Å². The molecule has 0 bridgehead atoms. The van der Waals surface area contributed by atoms with E-state index in [0.29, 0.717) is 35.0 Å². The van der Waals surface area contributed by atoms with Gasteiger partial charge in [-0.05, 0) is 53.9 Å². The molecule has 0 aliphatic heterocycles. The summed E-state index contributed by atoms with van der Waals surface area (Å²) in [4.78, 5) is 8.88. The molecule has 2 heterocycles. The van der Waals surface area contributed by atoms with Crippen molar-refractivity contribution in [3.8, 4) is 17.2 Å². The topological polar surface area (TPSA) is 76.5 Å². The monoisotopic (exact) mass is 477 g/mol. The zero-order valence-corrected chi connectivity index (χ0v) is 20.2. The summed E-state index contributed by atoms with van der Waals surface area (Å²) in [5, 5.41) is 15.6. The van der Waals surface area contributed by atoms with E-state index in [0.717, 1.165) is 22.1 Å². The number of anilines is 1. The van der Waals surface area contributed by atoms with Crippen molar-refractivity contribution in [2.45, 2.75) is 19.6 Å². The maximum atomic E-state index is 11.2. The average molecular weight is 478 g/mol. The van der Waals surface area contributed by atoms with Crippen LogP contribution >= 0.6 is 0 Å². The van der Waals surface area contributed by atoms with Gasteiger partial charge in [0.25, 0.3) is 0 Å². The van der Waals surface area contributed by atoms with Crippen LogP contribution in [0.15, 0.2) is 97.3 Å². The Morgan fingerprint density at radius 2 is 1.72 bits per heavy atom. The molecule has 0 aliphatic rings. The second kappa shape index (κ2) is 10.4. The number of phenols is 1. The molecule has 0 aliphatic carbocycles. The van der Waals surface area contributed by atoms with Crippen LogP contribution in [0.2, 0.25) is 0 Å². The summed E-state index contributed by atoms with van der Waals surface area (Å²) in [6, 6.07) is 26.9. The van der Waals surface area contributed by atoms with Gasteiger partial charge in [0, 0.05) is 23.3 Å². The molecule has 2 aromatic heterocycles. The minimum absolute atomic E-state index is 0.127. The molecule has 0 spiro atoms. The highest BCUT2D eigenvalue weighted by atomic mass is 16.5. The summed E-state index contributed by atoms with van der Waals surface area (Å²) in [7, 11) is 1.62. The molecule has 0 fully saturated rings. The first-order valence-electron chi connectivity index (χ1n) is 11.7. The molecule has 0 amide bonds. The Kier molecular flexibility index (Phi) is 6.67. The molecule has 36 heavy (non-hydrogen) atoms. The van der Waals surface area contributed by atoms with Crippen LogP contribution in [0.4, 0.5) is 5.82 Å². The highest BCUT2D eigenvalue weighted by Gasteiger charge is 2.22. The van der Waals surface area contributed by atoms with Gasteiger partial charge in [-0.1, -0.05) is 54.6 Å². The molecule has 2 N–H and O–H groups in total. The third-order valence-electron chi connectivity index (χ3n) is 6.06. The number of ether oxygens (including phenoxy) is 2. The van der Waals surface area contributed by atoms with Crippen LogP contribution in [0.5, 0.6) is 17.2 Å². The smallest absolute Gasteiger partial charge is 0.161 e. The Hall–Kier alpha value is -4.58. The third kappa shape index (κ3) is 4.93. The molecule has 5 rings (SSSR count). The van der Waals surface area contributed by atoms with Gasteiger partial charge < -0.3 is 19.9 Å². The Labute approximate surface area is 210 Å². The predicted molar refractivity (Wildman–Crippen MR) is 142 cm³/mol. The summed E-state index contributed by atoms with van der Waals surface area (Å²) < 4.78 is 11.7. The standard InChI is InChI=1S/C30H27N3O3/c1-20-14-16-31-27(17-20)33-28(24-12-10-22-9-6-15-32-29(22)30(24)34)23-11-13-25(26(18-23)35-2)36-19-21-7-4-3-5-8-21/h3-18,28,34H,19H2,1-2H3,(H,31,33). The van der Waals surface area contributed by atoms with E-state index in [4.69, 9.17) is 9.47 Å². The van der Waals surface area contributed by atoms with Crippen molar-refractivity contribution in [2.24, 2.45) is 0 Å². The van der Waals surface area contributed by atoms with E-state index in [2.05, 4.69) is 15.3 Å². The van der Waals surface area contributed by atoms with Crippen molar-refractivity contribution in [2.75, 3.05) is 12.4 Å². The molecule has 6 nitrogen and oxygen atoms in total. The highest BCUT2D eigenvalue weighted by Crippen LogP contribution is 2.39. The van der Waals surface area contributed by atoms with E-state index in [1.54, 1.807) is 19.5 Å². The molecule has 1 unspecified atom stereocenters. The lowest BCUT2D eigenvalue weighted by atomic mass is 9.95. The summed E-state index contributed by atoms with van der Waals surface area (Å²) >= 11 is 0. The number of aromatic nitrogens is 2. The van der Waals surface area contributed by atoms with Gasteiger partial charge in [0.1, 0.15) is 23.7 Å². The lowest BCUT2D eigenvalue weighted by molar-refractivity contribution is 0.284. The van der Waals surface area contributed by atoms with Crippen molar-refractivity contribution in [3.63, 3.8) is 0 Å². The van der Waals surface area contributed by atoms with E-state index in [-0.39, 0.29) is 5.75 Å². The largest absolute Gasteiger partial charge is 0.505 e. The fourth-order valence-corrected chi connectivity index (χ4v) is 4.20. The Morgan fingerprint density at radius 1 is 0.861 bits per heavy atom. The average Bonchev–Trinajstić information content (AvgIpc) is 2.92. The number of nitrogens with zero attached hydrogens (tertiary/aromatic N) is 2. The molecule has 0 saturated heterocycles. The van der Waals surface area contributed by atoms with Crippen molar-refractivity contribution >= 4 is 16.7 Å².